The quantitative estimate of drug-likeness (QED) is 0.214. The zero-order valence-corrected chi connectivity index (χ0v) is 22.5. The first-order chi connectivity index (χ1) is 19.1. The van der Waals surface area contributed by atoms with Gasteiger partial charge in [0.1, 0.15) is 17.7 Å². The van der Waals surface area contributed by atoms with E-state index in [0.717, 1.165) is 56.2 Å². The Balaban J connectivity index is 1.56. The smallest absolute Gasteiger partial charge is 0.417 e. The molecule has 2 aromatic rings. The highest BCUT2D eigenvalue weighted by Gasteiger charge is 2.36. The average molecular weight is 569 g/mol. The number of alkyl halides is 3. The third-order valence-corrected chi connectivity index (χ3v) is 6.73. The molecule has 2 heterocycles. The van der Waals surface area contributed by atoms with Crippen molar-refractivity contribution in [1.82, 2.24) is 15.2 Å². The number of carboxylic acid groups (broad SMARTS) is 1. The predicted molar refractivity (Wildman–Crippen MR) is 142 cm³/mol. The second-order valence-corrected chi connectivity index (χ2v) is 9.68. The standard InChI is InChI=1S/C28H36F4N4O4/c1-2-40-17-16-36(14-4-3-7-21-10-8-19-6-5-13-33-25(19)34-21)15-12-24(27(38)39)35-26(37)22-11-9-20(29)18-23(22)28(30,31)32/h8-11,18,24H,2-7,12-17H2,1H3,(H,33,34)(H,35,37)(H,38,39). The molecule has 0 saturated carbocycles. The van der Waals surface area contributed by atoms with Gasteiger partial charge in [0.2, 0.25) is 0 Å². The van der Waals surface area contributed by atoms with E-state index >= 15 is 0 Å². The molecule has 1 aromatic heterocycles. The van der Waals surface area contributed by atoms with E-state index in [2.05, 4.69) is 16.7 Å². The van der Waals surface area contributed by atoms with Gasteiger partial charge in [-0.3, -0.25) is 4.79 Å². The molecule has 0 fully saturated rings. The number of halogens is 4. The first-order valence-electron chi connectivity index (χ1n) is 13.5. The summed E-state index contributed by atoms with van der Waals surface area (Å²) in [5.74, 6) is -2.80. The number of anilines is 1. The summed E-state index contributed by atoms with van der Waals surface area (Å²) in [7, 11) is 0. The Morgan fingerprint density at radius 1 is 1.18 bits per heavy atom. The Kier molecular flexibility index (Phi) is 11.7. The molecule has 220 valence electrons. The molecule has 3 rings (SSSR count). The molecule has 40 heavy (non-hydrogen) atoms. The lowest BCUT2D eigenvalue weighted by atomic mass is 10.0. The molecule has 1 atom stereocenters. The maximum absolute atomic E-state index is 13.4. The minimum absolute atomic E-state index is 0.0339. The molecule has 0 bridgehead atoms. The van der Waals surface area contributed by atoms with Crippen LogP contribution in [0.2, 0.25) is 0 Å². The normalized spacial score (nSPS) is 13.9. The number of carbonyl (C=O) groups excluding carboxylic acids is 1. The molecule has 1 unspecified atom stereocenters. The molecular weight excluding hydrogens is 532 g/mol. The second-order valence-electron chi connectivity index (χ2n) is 9.68. The van der Waals surface area contributed by atoms with E-state index in [1.165, 1.54) is 5.56 Å². The number of aromatic nitrogens is 1. The van der Waals surface area contributed by atoms with E-state index in [4.69, 9.17) is 9.72 Å². The van der Waals surface area contributed by atoms with Crippen molar-refractivity contribution < 1.29 is 37.0 Å². The maximum Gasteiger partial charge on any atom is 0.417 e. The van der Waals surface area contributed by atoms with Crippen molar-refractivity contribution in [2.45, 2.75) is 57.7 Å². The van der Waals surface area contributed by atoms with Crippen LogP contribution < -0.4 is 10.6 Å². The number of aryl methyl sites for hydroxylation is 2. The molecule has 0 radical (unpaired) electrons. The fraction of sp³-hybridized carbons (Fsp3) is 0.536. The molecule has 3 N–H and O–H groups in total. The van der Waals surface area contributed by atoms with Crippen LogP contribution in [0.15, 0.2) is 30.3 Å². The van der Waals surface area contributed by atoms with Gasteiger partial charge in [-0.15, -0.1) is 0 Å². The molecule has 8 nitrogen and oxygen atoms in total. The summed E-state index contributed by atoms with van der Waals surface area (Å²) < 4.78 is 58.8. The van der Waals surface area contributed by atoms with E-state index in [1.54, 1.807) is 0 Å². The predicted octanol–water partition coefficient (Wildman–Crippen LogP) is 4.53. The van der Waals surface area contributed by atoms with Crippen LogP contribution in [0.1, 0.15) is 59.8 Å². The zero-order valence-electron chi connectivity index (χ0n) is 22.5. The van der Waals surface area contributed by atoms with E-state index in [9.17, 15) is 32.3 Å². The number of nitrogens with one attached hydrogen (secondary N) is 2. The largest absolute Gasteiger partial charge is 0.480 e. The number of unbranched alkanes of at least 4 members (excludes halogenated alkanes) is 1. The summed E-state index contributed by atoms with van der Waals surface area (Å²) in [6.07, 6.45) is -0.425. The highest BCUT2D eigenvalue weighted by Crippen LogP contribution is 2.32. The number of nitrogens with zero attached hydrogens (tertiary/aromatic N) is 2. The summed E-state index contributed by atoms with van der Waals surface area (Å²) in [6, 6.07) is 4.38. The monoisotopic (exact) mass is 568 g/mol. The van der Waals surface area contributed by atoms with Crippen molar-refractivity contribution in [3.63, 3.8) is 0 Å². The van der Waals surface area contributed by atoms with Gasteiger partial charge in [0, 0.05) is 31.9 Å². The Morgan fingerprint density at radius 2 is 1.98 bits per heavy atom. The molecule has 12 heteroatoms. The van der Waals surface area contributed by atoms with Crippen LogP contribution in [0.25, 0.3) is 0 Å². The average Bonchev–Trinajstić information content (AvgIpc) is 2.92. The summed E-state index contributed by atoms with van der Waals surface area (Å²) in [5, 5.41) is 15.1. The molecule has 1 aliphatic rings. The molecule has 1 aliphatic heterocycles. The van der Waals surface area contributed by atoms with Crippen molar-refractivity contribution in [3.8, 4) is 0 Å². The fourth-order valence-electron chi connectivity index (χ4n) is 4.58. The molecule has 0 aliphatic carbocycles. The number of hydrogen-bond acceptors (Lipinski definition) is 6. The van der Waals surface area contributed by atoms with Crippen LogP contribution >= 0.6 is 0 Å². The van der Waals surface area contributed by atoms with Crippen molar-refractivity contribution in [1.29, 1.82) is 0 Å². The van der Waals surface area contributed by atoms with Crippen LogP contribution in [0.5, 0.6) is 0 Å². The van der Waals surface area contributed by atoms with E-state index in [-0.39, 0.29) is 19.0 Å². The first-order valence-corrected chi connectivity index (χ1v) is 13.5. The molecule has 1 aromatic carbocycles. The number of carboxylic acids is 1. The van der Waals surface area contributed by atoms with Crippen LogP contribution in [-0.2, 0) is 28.5 Å². The number of rotatable bonds is 15. The van der Waals surface area contributed by atoms with Gasteiger partial charge in [-0.25, -0.2) is 14.2 Å². The van der Waals surface area contributed by atoms with Crippen LogP contribution in [0.3, 0.4) is 0 Å². The Labute approximate surface area is 231 Å². The fourth-order valence-corrected chi connectivity index (χ4v) is 4.58. The van der Waals surface area contributed by atoms with E-state index in [0.29, 0.717) is 32.4 Å². The van der Waals surface area contributed by atoms with Gasteiger partial charge in [0.25, 0.3) is 5.91 Å². The summed E-state index contributed by atoms with van der Waals surface area (Å²) >= 11 is 0. The van der Waals surface area contributed by atoms with Crippen molar-refractivity contribution in [3.05, 3.63) is 58.5 Å². The lowest BCUT2D eigenvalue weighted by Crippen LogP contribution is -2.44. The topological polar surface area (TPSA) is 104 Å². The maximum atomic E-state index is 13.4. The number of pyridine rings is 1. The number of hydrogen-bond donors (Lipinski definition) is 3. The Bertz CT molecular complexity index is 1150. The van der Waals surface area contributed by atoms with Gasteiger partial charge < -0.3 is 25.4 Å². The van der Waals surface area contributed by atoms with Crippen LogP contribution in [0, 0.1) is 5.82 Å². The lowest BCUT2D eigenvalue weighted by molar-refractivity contribution is -0.139. The highest BCUT2D eigenvalue weighted by molar-refractivity contribution is 5.98. The molecular formula is C28H36F4N4O4. The number of carbonyl (C=O) groups is 2. The third kappa shape index (κ3) is 9.44. The Morgan fingerprint density at radius 3 is 2.70 bits per heavy atom. The number of fused-ring (bicyclic) bond motifs is 1. The number of amides is 1. The molecule has 0 spiro atoms. The van der Waals surface area contributed by atoms with E-state index in [1.807, 2.05) is 17.9 Å². The molecule has 1 amide bonds. The van der Waals surface area contributed by atoms with Crippen LogP contribution in [-0.4, -0.2) is 72.3 Å². The van der Waals surface area contributed by atoms with Crippen LogP contribution in [0.4, 0.5) is 23.4 Å². The van der Waals surface area contributed by atoms with Gasteiger partial charge in [-0.2, -0.15) is 13.2 Å². The Hall–Kier alpha value is -3.25. The SMILES string of the molecule is CCOCCN(CCCCc1ccc2c(n1)NCCC2)CCC(NC(=O)c1ccc(F)cc1C(F)(F)F)C(=O)O. The van der Waals surface area contributed by atoms with Gasteiger partial charge in [0.15, 0.2) is 0 Å². The minimum Gasteiger partial charge on any atom is -0.480 e. The van der Waals surface area contributed by atoms with Gasteiger partial charge >= 0.3 is 12.1 Å². The zero-order chi connectivity index (χ0) is 29.1. The van der Waals surface area contributed by atoms with Crippen molar-refractivity contribution in [2.75, 3.05) is 44.7 Å². The van der Waals surface area contributed by atoms with Gasteiger partial charge in [-0.1, -0.05) is 6.07 Å². The van der Waals surface area contributed by atoms with Crippen molar-refractivity contribution in [2.24, 2.45) is 0 Å². The first kappa shape index (κ1) is 31.3. The van der Waals surface area contributed by atoms with Gasteiger partial charge in [0.05, 0.1) is 17.7 Å². The number of aliphatic carboxylic acids is 1. The van der Waals surface area contributed by atoms with Gasteiger partial charge in [-0.05, 0) is 81.8 Å². The van der Waals surface area contributed by atoms with E-state index < -0.39 is 41.0 Å². The number of benzene rings is 1. The summed E-state index contributed by atoms with van der Waals surface area (Å²) in [4.78, 5) is 31.1. The van der Waals surface area contributed by atoms with Crippen molar-refractivity contribution >= 4 is 17.7 Å². The summed E-state index contributed by atoms with van der Waals surface area (Å²) in [5.41, 5.74) is -0.0658. The summed E-state index contributed by atoms with van der Waals surface area (Å²) in [6.45, 7) is 5.20. The second kappa shape index (κ2) is 14.9. The number of ether oxygens (including phenoxy) is 1. The third-order valence-electron chi connectivity index (χ3n) is 6.73. The minimum atomic E-state index is -4.98. The lowest BCUT2D eigenvalue weighted by Gasteiger charge is -2.24. The molecule has 0 saturated heterocycles. The highest BCUT2D eigenvalue weighted by atomic mass is 19.4.